The van der Waals surface area contributed by atoms with Crippen LogP contribution in [-0.4, -0.2) is 60.0 Å². The smallest absolute Gasteiger partial charge is 0.421 e. The maximum absolute atomic E-state index is 12.8. The highest BCUT2D eigenvalue weighted by molar-refractivity contribution is 5.76. The number of carbonyl (C=O) groups is 2. The number of carbonyl (C=O) groups excluding carboxylic acids is 2. The third-order valence-corrected chi connectivity index (χ3v) is 14.8. The first-order chi connectivity index (χ1) is 29.3. The first-order valence-electron chi connectivity index (χ1n) is 23.6. The molecule has 0 radical (unpaired) electrons. The van der Waals surface area contributed by atoms with Gasteiger partial charge in [-0.1, -0.05) is 91.8 Å². The average Bonchev–Trinajstić information content (AvgIpc) is 3.24. The third kappa shape index (κ3) is 13.9. The van der Waals surface area contributed by atoms with Crippen LogP contribution in [0.1, 0.15) is 176 Å². The standard InChI is InChI=1S/C19H32O2.C13H17F3O.C10H18O4.C10H14O/c1-6-18(4,5)17(20)21-19(12(2)3)15-8-13-7-14(10-15)11-16(19)9-13;1-4-9(2)10-5-7-11(8-6-10)12(3,17)13(14,15)16;1-4-10(2,3)9(11)14-8-7-12-5-6-13-8;1-3-8(2)9-4-6-10(11)7-5-9/h12-16H,6-11H2,1-5H3;5-9,17H,4H2,1-3H3;8H,4-7H2,1-3H3;4-8,11H,3H2,1-2H3. The topological polar surface area (TPSA) is 112 Å². The Morgan fingerprint density at radius 2 is 1.16 bits per heavy atom. The van der Waals surface area contributed by atoms with E-state index in [0.29, 0.717) is 55.2 Å². The first kappa shape index (κ1) is 54.2. The molecule has 0 aromatic heterocycles. The molecule has 4 saturated carbocycles. The van der Waals surface area contributed by atoms with E-state index in [9.17, 15) is 27.9 Å². The molecule has 63 heavy (non-hydrogen) atoms. The van der Waals surface area contributed by atoms with Gasteiger partial charge in [0.25, 0.3) is 0 Å². The Hall–Kier alpha value is -3.15. The normalized spacial score (nSPS) is 26.0. The number of aromatic hydroxyl groups is 1. The quantitative estimate of drug-likeness (QED) is 0.203. The van der Waals surface area contributed by atoms with Crippen LogP contribution in [-0.2, 0) is 34.1 Å². The van der Waals surface area contributed by atoms with Gasteiger partial charge in [-0.05, 0) is 163 Å². The number of benzene rings is 2. The Morgan fingerprint density at radius 1 is 0.714 bits per heavy atom. The summed E-state index contributed by atoms with van der Waals surface area (Å²) in [4.78, 5) is 24.4. The molecule has 4 bridgehead atoms. The van der Waals surface area contributed by atoms with Gasteiger partial charge in [0.05, 0.1) is 24.0 Å². The SMILES string of the molecule is CCC(C)(C)C(=O)OC1(C(C)C)C2CC3CC(C2)CC1C3.CCC(C)(C)C(=O)OC1COCCO1.CCC(C)c1ccc(C(C)(O)C(F)(F)F)cc1.CCC(C)c1ccc(O)cc1. The molecule has 4 unspecified atom stereocenters. The lowest BCUT2D eigenvalue weighted by Gasteiger charge is -2.62. The fourth-order valence-electron chi connectivity index (χ4n) is 9.12. The van der Waals surface area contributed by atoms with E-state index < -0.39 is 23.5 Å². The molecule has 7 rings (SSSR count). The molecule has 2 N–H and O–H groups in total. The van der Waals surface area contributed by atoms with Crippen LogP contribution in [0, 0.1) is 40.4 Å². The second kappa shape index (κ2) is 22.8. The number of aliphatic hydroxyl groups is 1. The Balaban J connectivity index is 0.000000230. The Morgan fingerprint density at radius 3 is 1.54 bits per heavy atom. The van der Waals surface area contributed by atoms with E-state index in [0.717, 1.165) is 50.0 Å². The molecule has 2 aromatic carbocycles. The zero-order chi connectivity index (χ0) is 47.6. The minimum atomic E-state index is -4.66. The number of rotatable bonds is 12. The molecule has 0 amide bonds. The van der Waals surface area contributed by atoms with Gasteiger partial charge in [-0.15, -0.1) is 0 Å². The molecule has 4 atom stereocenters. The second-order valence-corrected chi connectivity index (χ2v) is 20.4. The van der Waals surface area contributed by atoms with Gasteiger partial charge in [0.2, 0.25) is 6.29 Å². The summed E-state index contributed by atoms with van der Waals surface area (Å²) in [6.07, 6.45) is 5.11. The van der Waals surface area contributed by atoms with E-state index in [-0.39, 0.29) is 28.5 Å². The summed E-state index contributed by atoms with van der Waals surface area (Å²) in [6, 6.07) is 13.4. The lowest BCUT2D eigenvalue weighted by atomic mass is 9.47. The largest absolute Gasteiger partial charge is 0.508 e. The summed E-state index contributed by atoms with van der Waals surface area (Å²) in [6.45, 7) is 26.9. The summed E-state index contributed by atoms with van der Waals surface area (Å²) >= 11 is 0. The van der Waals surface area contributed by atoms with Gasteiger partial charge in [-0.2, -0.15) is 13.2 Å². The minimum absolute atomic E-state index is 0.0335. The van der Waals surface area contributed by atoms with Crippen LogP contribution in [0.5, 0.6) is 5.75 Å². The lowest BCUT2D eigenvalue weighted by Crippen LogP contribution is -2.63. The maximum atomic E-state index is 12.8. The molecular formula is C52H81F3O8. The first-order valence-corrected chi connectivity index (χ1v) is 23.6. The van der Waals surface area contributed by atoms with Gasteiger partial charge in [0.1, 0.15) is 18.0 Å². The highest BCUT2D eigenvalue weighted by Gasteiger charge is 2.61. The molecule has 5 fully saturated rings. The van der Waals surface area contributed by atoms with Crippen LogP contribution in [0.25, 0.3) is 0 Å². The van der Waals surface area contributed by atoms with Crippen LogP contribution in [0.4, 0.5) is 13.2 Å². The average molecular weight is 891 g/mol. The molecule has 4 aliphatic carbocycles. The molecule has 2 aromatic rings. The van der Waals surface area contributed by atoms with Crippen LogP contribution in [0.2, 0.25) is 0 Å². The van der Waals surface area contributed by atoms with Gasteiger partial charge in [0.15, 0.2) is 5.60 Å². The van der Waals surface area contributed by atoms with Crippen molar-refractivity contribution in [1.29, 1.82) is 0 Å². The number of hydrogen-bond donors (Lipinski definition) is 2. The van der Waals surface area contributed by atoms with Gasteiger partial charge in [-0.3, -0.25) is 9.59 Å². The molecule has 0 spiro atoms. The maximum Gasteiger partial charge on any atom is 0.421 e. The van der Waals surface area contributed by atoms with Crippen molar-refractivity contribution in [3.05, 3.63) is 65.2 Å². The predicted octanol–water partition coefficient (Wildman–Crippen LogP) is 13.0. The fourth-order valence-corrected chi connectivity index (χ4v) is 9.12. The number of alkyl halides is 3. The fraction of sp³-hybridized carbons (Fsp3) is 0.731. The predicted molar refractivity (Wildman–Crippen MR) is 243 cm³/mol. The number of phenolic OH excluding ortho intramolecular Hbond substituents is 1. The molecule has 5 aliphatic rings. The van der Waals surface area contributed by atoms with Crippen molar-refractivity contribution in [3.63, 3.8) is 0 Å². The van der Waals surface area contributed by atoms with Crippen LogP contribution >= 0.6 is 0 Å². The summed E-state index contributed by atoms with van der Waals surface area (Å²) in [5, 5.41) is 18.5. The van der Waals surface area contributed by atoms with Gasteiger partial charge in [0, 0.05) is 0 Å². The molecule has 8 nitrogen and oxygen atoms in total. The monoisotopic (exact) mass is 891 g/mol. The molecule has 11 heteroatoms. The zero-order valence-corrected chi connectivity index (χ0v) is 40.7. The number of halogens is 3. The summed E-state index contributed by atoms with van der Waals surface area (Å²) in [7, 11) is 0. The summed E-state index contributed by atoms with van der Waals surface area (Å²) in [5.74, 6) is 4.54. The number of hydrogen-bond acceptors (Lipinski definition) is 8. The van der Waals surface area contributed by atoms with Gasteiger partial charge in [-0.25, -0.2) is 0 Å². The van der Waals surface area contributed by atoms with E-state index in [1.807, 2.05) is 60.6 Å². The Bertz CT molecular complexity index is 1660. The summed E-state index contributed by atoms with van der Waals surface area (Å²) in [5.41, 5.74) is -1.61. The van der Waals surface area contributed by atoms with Crippen molar-refractivity contribution in [3.8, 4) is 5.75 Å². The van der Waals surface area contributed by atoms with E-state index in [1.54, 1.807) is 24.3 Å². The lowest BCUT2D eigenvalue weighted by molar-refractivity contribution is -0.258. The highest BCUT2D eigenvalue weighted by Crippen LogP contribution is 2.62. The van der Waals surface area contributed by atoms with Crippen LogP contribution in [0.15, 0.2) is 48.5 Å². The number of esters is 2. The number of ether oxygens (including phenoxy) is 4. The Kier molecular flexibility index (Phi) is 19.6. The number of phenols is 1. The molecule has 1 saturated heterocycles. The van der Waals surface area contributed by atoms with Crippen molar-refractivity contribution >= 4 is 11.9 Å². The van der Waals surface area contributed by atoms with Crippen molar-refractivity contribution in [2.24, 2.45) is 40.4 Å². The van der Waals surface area contributed by atoms with Crippen molar-refractivity contribution in [2.75, 3.05) is 19.8 Å². The highest BCUT2D eigenvalue weighted by atomic mass is 19.4. The zero-order valence-electron chi connectivity index (χ0n) is 40.7. The van der Waals surface area contributed by atoms with E-state index in [2.05, 4.69) is 34.6 Å². The van der Waals surface area contributed by atoms with Gasteiger partial charge < -0.3 is 29.2 Å². The third-order valence-electron chi connectivity index (χ3n) is 14.8. The summed E-state index contributed by atoms with van der Waals surface area (Å²) < 4.78 is 59.7. The Labute approximate surface area is 377 Å². The van der Waals surface area contributed by atoms with Crippen LogP contribution < -0.4 is 0 Å². The molecule has 1 heterocycles. The molecule has 358 valence electrons. The van der Waals surface area contributed by atoms with E-state index in [1.165, 1.54) is 49.8 Å². The van der Waals surface area contributed by atoms with Crippen LogP contribution in [0.3, 0.4) is 0 Å². The van der Waals surface area contributed by atoms with E-state index >= 15 is 0 Å². The van der Waals surface area contributed by atoms with Gasteiger partial charge >= 0.3 is 18.1 Å². The van der Waals surface area contributed by atoms with E-state index in [4.69, 9.17) is 24.1 Å². The molecular weight excluding hydrogens is 810 g/mol. The molecule has 1 aliphatic heterocycles. The minimum Gasteiger partial charge on any atom is -0.508 e. The van der Waals surface area contributed by atoms with Crippen molar-refractivity contribution in [2.45, 2.75) is 183 Å². The van der Waals surface area contributed by atoms with Crippen molar-refractivity contribution in [1.82, 2.24) is 0 Å². The second-order valence-electron chi connectivity index (χ2n) is 20.4. The van der Waals surface area contributed by atoms with Crippen molar-refractivity contribution < 1.29 is 51.9 Å².